The van der Waals surface area contributed by atoms with Crippen LogP contribution in [0, 0.1) is 5.92 Å². The number of rotatable bonds is 3. The average Bonchev–Trinajstić information content (AvgIpc) is 2.68. The topological polar surface area (TPSA) is 12.0 Å². The van der Waals surface area contributed by atoms with Gasteiger partial charge < -0.3 is 5.32 Å². The lowest BCUT2D eigenvalue weighted by molar-refractivity contribution is 0.632. The van der Waals surface area contributed by atoms with Crippen molar-refractivity contribution in [3.63, 3.8) is 0 Å². The van der Waals surface area contributed by atoms with Crippen molar-refractivity contribution < 1.29 is 0 Å². The maximum Gasteiger partial charge on any atom is 0.0720 e. The molecule has 0 aromatic heterocycles. The largest absolute Gasteiger partial charge is 0.382 e. The number of anilines is 1. The molecular formula is C11H12Cl3NS. The highest BCUT2D eigenvalue weighted by Crippen LogP contribution is 2.34. The van der Waals surface area contributed by atoms with Crippen molar-refractivity contribution >= 4 is 52.3 Å². The van der Waals surface area contributed by atoms with Gasteiger partial charge in [0.1, 0.15) is 0 Å². The van der Waals surface area contributed by atoms with Gasteiger partial charge in [0.2, 0.25) is 0 Å². The van der Waals surface area contributed by atoms with Gasteiger partial charge in [0.05, 0.1) is 15.7 Å². The lowest BCUT2D eigenvalue weighted by Crippen LogP contribution is -2.13. The summed E-state index contributed by atoms with van der Waals surface area (Å²) in [7, 11) is 0. The van der Waals surface area contributed by atoms with E-state index in [2.05, 4.69) is 5.32 Å². The van der Waals surface area contributed by atoms with Crippen molar-refractivity contribution in [1.29, 1.82) is 0 Å². The van der Waals surface area contributed by atoms with Crippen LogP contribution in [0.2, 0.25) is 15.1 Å². The summed E-state index contributed by atoms with van der Waals surface area (Å²) in [5.74, 6) is 3.19. The molecule has 0 radical (unpaired) electrons. The molecule has 16 heavy (non-hydrogen) atoms. The third-order valence-corrected chi connectivity index (χ3v) is 4.64. The molecular weight excluding hydrogens is 285 g/mol. The van der Waals surface area contributed by atoms with E-state index in [1.165, 1.54) is 17.9 Å². The number of halogens is 3. The first-order chi connectivity index (χ1) is 7.66. The van der Waals surface area contributed by atoms with Crippen LogP contribution in [0.25, 0.3) is 0 Å². The van der Waals surface area contributed by atoms with Crippen molar-refractivity contribution in [2.75, 3.05) is 23.4 Å². The predicted molar refractivity (Wildman–Crippen MR) is 75.4 cm³/mol. The van der Waals surface area contributed by atoms with Gasteiger partial charge in [0.15, 0.2) is 0 Å². The Morgan fingerprint density at radius 1 is 1.25 bits per heavy atom. The van der Waals surface area contributed by atoms with Crippen molar-refractivity contribution in [3.8, 4) is 0 Å². The lowest BCUT2D eigenvalue weighted by Gasteiger charge is -2.14. The molecule has 1 aliphatic heterocycles. The third kappa shape index (κ3) is 3.13. The standard InChI is InChI=1S/C11H12Cl3NS/c12-8-3-9(13)11(10(14)4-8)15-5-7-1-2-16-6-7/h3-4,7,15H,1-2,5-6H2. The van der Waals surface area contributed by atoms with E-state index in [1.54, 1.807) is 12.1 Å². The number of nitrogens with one attached hydrogen (secondary N) is 1. The minimum atomic E-state index is 0.567. The first-order valence-electron chi connectivity index (χ1n) is 5.13. The molecule has 88 valence electrons. The molecule has 1 fully saturated rings. The Labute approximate surface area is 115 Å². The van der Waals surface area contributed by atoms with Crippen molar-refractivity contribution in [3.05, 3.63) is 27.2 Å². The summed E-state index contributed by atoms with van der Waals surface area (Å²) in [5, 5.41) is 5.05. The Balaban J connectivity index is 2.03. The molecule has 1 aromatic carbocycles. The lowest BCUT2D eigenvalue weighted by atomic mass is 10.1. The minimum absolute atomic E-state index is 0.567. The normalized spacial score (nSPS) is 20.1. The molecule has 1 heterocycles. The molecule has 1 unspecified atom stereocenters. The summed E-state index contributed by atoms with van der Waals surface area (Å²) < 4.78 is 0. The Kier molecular flexibility index (Phi) is 4.54. The fourth-order valence-corrected chi connectivity index (χ4v) is 3.94. The van der Waals surface area contributed by atoms with Gasteiger partial charge in [-0.1, -0.05) is 34.8 Å². The van der Waals surface area contributed by atoms with Crippen LogP contribution in [-0.2, 0) is 0 Å². The highest BCUT2D eigenvalue weighted by molar-refractivity contribution is 7.99. The Morgan fingerprint density at radius 3 is 2.50 bits per heavy atom. The number of thioether (sulfide) groups is 1. The molecule has 1 aliphatic rings. The average molecular weight is 297 g/mol. The van der Waals surface area contributed by atoms with E-state index >= 15 is 0 Å². The van der Waals surface area contributed by atoms with E-state index < -0.39 is 0 Å². The number of hydrogen-bond acceptors (Lipinski definition) is 2. The van der Waals surface area contributed by atoms with Crippen LogP contribution in [0.1, 0.15) is 6.42 Å². The second-order valence-corrected chi connectivity index (χ2v) is 6.26. The molecule has 0 saturated carbocycles. The van der Waals surface area contributed by atoms with Gasteiger partial charge >= 0.3 is 0 Å². The Morgan fingerprint density at radius 2 is 1.94 bits per heavy atom. The fourth-order valence-electron chi connectivity index (χ4n) is 1.70. The highest BCUT2D eigenvalue weighted by Gasteiger charge is 2.16. The van der Waals surface area contributed by atoms with E-state index in [-0.39, 0.29) is 0 Å². The number of hydrogen-bond donors (Lipinski definition) is 1. The molecule has 1 nitrogen and oxygen atoms in total. The molecule has 1 N–H and O–H groups in total. The van der Waals surface area contributed by atoms with E-state index in [0.29, 0.717) is 21.0 Å². The van der Waals surface area contributed by atoms with Gasteiger partial charge in [-0.25, -0.2) is 0 Å². The van der Waals surface area contributed by atoms with Crippen LogP contribution in [0.4, 0.5) is 5.69 Å². The smallest absolute Gasteiger partial charge is 0.0720 e. The van der Waals surface area contributed by atoms with Crippen molar-refractivity contribution in [2.45, 2.75) is 6.42 Å². The second kappa shape index (κ2) is 5.72. The predicted octanol–water partition coefficient (Wildman–Crippen LogP) is 4.81. The summed E-state index contributed by atoms with van der Waals surface area (Å²) in [6.07, 6.45) is 1.26. The first-order valence-corrected chi connectivity index (χ1v) is 7.42. The van der Waals surface area contributed by atoms with Gasteiger partial charge in [-0.05, 0) is 36.0 Å². The highest BCUT2D eigenvalue weighted by atomic mass is 35.5. The second-order valence-electron chi connectivity index (χ2n) is 3.85. The fraction of sp³-hybridized carbons (Fsp3) is 0.455. The molecule has 0 amide bonds. The Hall–Kier alpha value is 0.240. The van der Waals surface area contributed by atoms with Crippen LogP contribution >= 0.6 is 46.6 Å². The Bertz CT molecular complexity index is 354. The summed E-state index contributed by atoms with van der Waals surface area (Å²) in [5.41, 5.74) is 0.796. The maximum atomic E-state index is 6.08. The third-order valence-electron chi connectivity index (χ3n) is 2.60. The van der Waals surface area contributed by atoms with E-state index in [4.69, 9.17) is 34.8 Å². The van der Waals surface area contributed by atoms with Crippen LogP contribution in [-0.4, -0.2) is 18.1 Å². The molecule has 1 atom stereocenters. The van der Waals surface area contributed by atoms with Crippen LogP contribution < -0.4 is 5.32 Å². The molecule has 0 aliphatic carbocycles. The van der Waals surface area contributed by atoms with Crippen LogP contribution in [0.15, 0.2) is 12.1 Å². The van der Waals surface area contributed by atoms with E-state index in [0.717, 1.165) is 12.2 Å². The van der Waals surface area contributed by atoms with Crippen molar-refractivity contribution in [2.24, 2.45) is 5.92 Å². The first kappa shape index (κ1) is 12.7. The summed E-state index contributed by atoms with van der Waals surface area (Å²) in [4.78, 5) is 0. The van der Waals surface area contributed by atoms with Crippen molar-refractivity contribution in [1.82, 2.24) is 0 Å². The zero-order chi connectivity index (χ0) is 11.5. The van der Waals surface area contributed by atoms with Gasteiger partial charge in [-0.3, -0.25) is 0 Å². The molecule has 1 aromatic rings. The summed E-state index contributed by atoms with van der Waals surface area (Å²) in [6.45, 7) is 0.925. The van der Waals surface area contributed by atoms with Crippen LogP contribution in [0.3, 0.4) is 0 Å². The van der Waals surface area contributed by atoms with Gasteiger partial charge in [-0.15, -0.1) is 0 Å². The molecule has 5 heteroatoms. The summed E-state index contributed by atoms with van der Waals surface area (Å²) >= 11 is 20.0. The maximum absolute atomic E-state index is 6.08. The monoisotopic (exact) mass is 295 g/mol. The van der Waals surface area contributed by atoms with Crippen LogP contribution in [0.5, 0.6) is 0 Å². The molecule has 1 saturated heterocycles. The zero-order valence-corrected chi connectivity index (χ0v) is 11.7. The van der Waals surface area contributed by atoms with E-state index in [1.807, 2.05) is 11.8 Å². The number of benzene rings is 1. The molecule has 0 bridgehead atoms. The van der Waals surface area contributed by atoms with Gasteiger partial charge in [-0.2, -0.15) is 11.8 Å². The SMILES string of the molecule is Clc1cc(Cl)c(NCC2CCSC2)c(Cl)c1. The van der Waals surface area contributed by atoms with Gasteiger partial charge in [0.25, 0.3) is 0 Å². The molecule has 0 spiro atoms. The molecule has 2 rings (SSSR count). The minimum Gasteiger partial charge on any atom is -0.382 e. The quantitative estimate of drug-likeness (QED) is 0.859. The van der Waals surface area contributed by atoms with E-state index in [9.17, 15) is 0 Å². The summed E-state index contributed by atoms with van der Waals surface area (Å²) in [6, 6.07) is 3.42. The van der Waals surface area contributed by atoms with Gasteiger partial charge in [0, 0.05) is 11.6 Å². The zero-order valence-electron chi connectivity index (χ0n) is 8.60.